The second kappa shape index (κ2) is 20.7. The third-order valence-electron chi connectivity index (χ3n) is 9.50. The van der Waals surface area contributed by atoms with E-state index in [9.17, 15) is 0 Å². The summed E-state index contributed by atoms with van der Waals surface area (Å²) in [4.78, 5) is 17.9. The second-order valence-corrected chi connectivity index (χ2v) is 13.1. The number of benzene rings is 6. The van der Waals surface area contributed by atoms with Gasteiger partial charge < -0.3 is 30.6 Å². The standard InChI is InChI=1S/2C22H18N4.3Ag.2H2N/c2*1-3-10-21-19(8-1)23-15-25(21)13-17-6-5-7-18(12-17)14-26-16-24-20-9-2-4-11-22(20)26;;;;;/h2*1-12,15-16H,13-14H2;;;;2*1H2/q;;3*+1;2*-1. The molecule has 4 aromatic heterocycles. The van der Waals surface area contributed by atoms with Gasteiger partial charge in [0.15, 0.2) is 0 Å². The van der Waals surface area contributed by atoms with Crippen LogP contribution < -0.4 is 0 Å². The zero-order chi connectivity index (χ0) is 34.7. The van der Waals surface area contributed by atoms with Gasteiger partial charge in [0.05, 0.1) is 69.4 Å². The molecular formula is C44H40Ag3N10+. The van der Waals surface area contributed by atoms with Gasteiger partial charge in [-0.3, -0.25) is 0 Å². The monoisotopic (exact) mass is 1030 g/mol. The van der Waals surface area contributed by atoms with Crippen LogP contribution in [0.4, 0.5) is 0 Å². The molecule has 0 aliphatic carbocycles. The van der Waals surface area contributed by atoms with Gasteiger partial charge in [0, 0.05) is 26.2 Å². The number of hydrogen-bond donors (Lipinski definition) is 0. The first-order valence-corrected chi connectivity index (χ1v) is 17.5. The summed E-state index contributed by atoms with van der Waals surface area (Å²) in [6, 6.07) is 50.4. The van der Waals surface area contributed by atoms with E-state index in [-0.39, 0.29) is 79.4 Å². The molecule has 4 N–H and O–H groups in total. The van der Waals surface area contributed by atoms with Gasteiger partial charge in [0.25, 0.3) is 0 Å². The minimum atomic E-state index is 0. The Morgan fingerprint density at radius 1 is 0.298 bits per heavy atom. The van der Waals surface area contributed by atoms with Crippen molar-refractivity contribution in [3.63, 3.8) is 0 Å². The van der Waals surface area contributed by atoms with E-state index in [4.69, 9.17) is 0 Å². The van der Waals surface area contributed by atoms with Crippen LogP contribution in [0.3, 0.4) is 0 Å². The molecule has 4 heterocycles. The molecule has 57 heavy (non-hydrogen) atoms. The third kappa shape index (κ3) is 10.1. The number of nitrogens with zero attached hydrogens (tertiary/aromatic N) is 8. The molecule has 0 bridgehead atoms. The third-order valence-corrected chi connectivity index (χ3v) is 9.50. The van der Waals surface area contributed by atoms with Gasteiger partial charge in [-0.2, -0.15) is 0 Å². The van der Waals surface area contributed by atoms with Crippen molar-refractivity contribution < 1.29 is 67.1 Å². The van der Waals surface area contributed by atoms with Gasteiger partial charge in [-0.05, 0) is 70.8 Å². The summed E-state index contributed by atoms with van der Waals surface area (Å²) >= 11 is 0. The van der Waals surface area contributed by atoms with E-state index in [0.717, 1.165) is 48.2 Å². The van der Waals surface area contributed by atoms with Gasteiger partial charge in [-0.25, -0.2) is 19.9 Å². The van der Waals surface area contributed by atoms with Crippen LogP contribution in [0.15, 0.2) is 171 Å². The fourth-order valence-corrected chi connectivity index (χ4v) is 6.98. The van der Waals surface area contributed by atoms with Crippen LogP contribution in [0.5, 0.6) is 0 Å². The van der Waals surface area contributed by atoms with Crippen LogP contribution in [0, 0.1) is 0 Å². The molecule has 10 nitrogen and oxygen atoms in total. The van der Waals surface area contributed by atoms with Crippen molar-refractivity contribution in [1.29, 1.82) is 0 Å². The quantitative estimate of drug-likeness (QED) is 0.140. The van der Waals surface area contributed by atoms with Gasteiger partial charge in [-0.1, -0.05) is 97.1 Å². The van der Waals surface area contributed by atoms with Crippen molar-refractivity contribution in [2.24, 2.45) is 0 Å². The molecule has 0 saturated carbocycles. The van der Waals surface area contributed by atoms with Crippen LogP contribution >= 0.6 is 0 Å². The van der Waals surface area contributed by atoms with Crippen molar-refractivity contribution in [3.05, 3.63) is 205 Å². The molecule has 0 atom stereocenters. The molecule has 0 aliphatic rings. The van der Waals surface area contributed by atoms with E-state index in [2.05, 4.69) is 135 Å². The molecule has 298 valence electrons. The molecule has 0 unspecified atom stereocenters. The predicted octanol–water partition coefficient (Wildman–Crippen LogP) is 10.4. The zero-order valence-electron chi connectivity index (χ0n) is 30.6. The van der Waals surface area contributed by atoms with Crippen molar-refractivity contribution in [1.82, 2.24) is 38.2 Å². The summed E-state index contributed by atoms with van der Waals surface area (Å²) in [6.07, 6.45) is 7.67. The Labute approximate surface area is 378 Å². The van der Waals surface area contributed by atoms with Crippen molar-refractivity contribution >= 4 is 44.1 Å². The first-order valence-electron chi connectivity index (χ1n) is 17.5. The first kappa shape index (κ1) is 45.0. The molecule has 0 fully saturated rings. The average Bonchev–Trinajstić information content (AvgIpc) is 3.99. The largest absolute Gasteiger partial charge is 1.00 e. The Balaban J connectivity index is 0.000000232. The summed E-state index contributed by atoms with van der Waals surface area (Å²) in [5, 5.41) is 0. The minimum absolute atomic E-state index is 0. The molecule has 10 rings (SSSR count). The maximum Gasteiger partial charge on any atom is 1.00 e. The van der Waals surface area contributed by atoms with Crippen LogP contribution in [-0.4, -0.2) is 38.2 Å². The SMILES string of the molecule is [Ag+].[Ag+].[Ag+].[NH2-].[NH2-].c1cc(Cn2cnc3ccccc32)cc(Cn2cnc3ccccc32)c1.c1cc(Cn2cnc3ccccc32)cc(Cn2cnc3ccccc32)c1. The first-order chi connectivity index (χ1) is 25.7. The Bertz CT molecular complexity index is 2430. The topological polar surface area (TPSA) is 138 Å². The molecule has 0 radical (unpaired) electrons. The van der Waals surface area contributed by atoms with E-state index >= 15 is 0 Å². The van der Waals surface area contributed by atoms with Crippen molar-refractivity contribution in [3.8, 4) is 0 Å². The summed E-state index contributed by atoms with van der Waals surface area (Å²) in [5.41, 5.74) is 13.9. The van der Waals surface area contributed by atoms with E-state index < -0.39 is 0 Å². The van der Waals surface area contributed by atoms with Gasteiger partial charge in [0.1, 0.15) is 0 Å². The number of nitrogens with two attached hydrogens (primary N) is 2. The van der Waals surface area contributed by atoms with Crippen LogP contribution in [0.25, 0.3) is 56.4 Å². The van der Waals surface area contributed by atoms with E-state index in [1.807, 2.05) is 73.8 Å². The predicted molar refractivity (Wildman–Crippen MR) is 219 cm³/mol. The summed E-state index contributed by atoms with van der Waals surface area (Å²) in [5.74, 6) is 0. The molecule has 0 amide bonds. The van der Waals surface area contributed by atoms with Gasteiger partial charge in [0.2, 0.25) is 0 Å². The summed E-state index contributed by atoms with van der Waals surface area (Å²) in [6.45, 7) is 3.27. The Morgan fingerprint density at radius 3 is 0.772 bits per heavy atom. The summed E-state index contributed by atoms with van der Waals surface area (Å²) < 4.78 is 8.78. The molecular weight excluding hydrogens is 992 g/mol. The molecule has 0 aliphatic heterocycles. The van der Waals surface area contributed by atoms with Crippen LogP contribution in [0.2, 0.25) is 0 Å². The van der Waals surface area contributed by atoms with E-state index in [1.165, 1.54) is 44.3 Å². The number of rotatable bonds is 8. The molecule has 10 aromatic rings. The Kier molecular flexibility index (Phi) is 16.3. The Morgan fingerprint density at radius 2 is 0.526 bits per heavy atom. The summed E-state index contributed by atoms with van der Waals surface area (Å²) in [7, 11) is 0. The van der Waals surface area contributed by atoms with Crippen LogP contribution in [0.1, 0.15) is 22.3 Å². The normalized spacial score (nSPS) is 10.4. The van der Waals surface area contributed by atoms with E-state index in [1.54, 1.807) is 0 Å². The fraction of sp³-hybridized carbons (Fsp3) is 0.0909. The van der Waals surface area contributed by atoms with E-state index in [0.29, 0.717) is 0 Å². The van der Waals surface area contributed by atoms with Gasteiger partial charge >= 0.3 is 67.1 Å². The van der Waals surface area contributed by atoms with Crippen molar-refractivity contribution in [2.45, 2.75) is 26.2 Å². The van der Waals surface area contributed by atoms with Crippen molar-refractivity contribution in [2.75, 3.05) is 0 Å². The average molecular weight is 1030 g/mol. The number of hydrogen-bond acceptors (Lipinski definition) is 4. The fourth-order valence-electron chi connectivity index (χ4n) is 6.98. The zero-order valence-corrected chi connectivity index (χ0v) is 35.1. The number of para-hydroxylation sites is 8. The number of aromatic nitrogens is 8. The molecule has 0 spiro atoms. The van der Waals surface area contributed by atoms with Crippen LogP contribution in [-0.2, 0) is 93.3 Å². The maximum atomic E-state index is 4.48. The second-order valence-electron chi connectivity index (χ2n) is 13.1. The number of fused-ring (bicyclic) bond motifs is 4. The molecule has 13 heteroatoms. The minimum Gasteiger partial charge on any atom is -0.693 e. The smallest absolute Gasteiger partial charge is 0.693 e. The molecule has 6 aromatic carbocycles. The Hall–Kier alpha value is -4.66. The molecule has 0 saturated heterocycles. The number of imidazole rings is 4. The maximum absolute atomic E-state index is 4.48. The van der Waals surface area contributed by atoms with Gasteiger partial charge in [-0.15, -0.1) is 0 Å².